The number of guanidine groups is 1. The molecule has 5 heteroatoms. The van der Waals surface area contributed by atoms with E-state index in [0.717, 1.165) is 30.9 Å². The van der Waals surface area contributed by atoms with Crippen molar-refractivity contribution in [1.29, 1.82) is 0 Å². The van der Waals surface area contributed by atoms with Crippen LogP contribution in [0.4, 0.5) is 0 Å². The number of hydrogen-bond donors (Lipinski definition) is 2. The molecule has 114 valence electrons. The zero-order valence-corrected chi connectivity index (χ0v) is 14.9. The second kappa shape index (κ2) is 11.8. The lowest BCUT2D eigenvalue weighted by molar-refractivity contribution is 0.203. The zero-order chi connectivity index (χ0) is 13.2. The maximum absolute atomic E-state index is 5.00. The van der Waals surface area contributed by atoms with E-state index >= 15 is 0 Å². The third-order valence-corrected chi connectivity index (χ3v) is 3.71. The SMILES string of the molecule is CN=C(NCCOC)NCCC1CCCC(C)C1.I. The normalized spacial score (nSPS) is 23.6. The van der Waals surface area contributed by atoms with Crippen molar-refractivity contribution in [1.82, 2.24) is 10.6 Å². The van der Waals surface area contributed by atoms with Crippen LogP contribution in [0.2, 0.25) is 0 Å². The second-order valence-electron chi connectivity index (χ2n) is 5.35. The molecule has 2 atom stereocenters. The molecule has 2 unspecified atom stereocenters. The molecule has 0 aromatic rings. The molecule has 0 amide bonds. The lowest BCUT2D eigenvalue weighted by Crippen LogP contribution is -2.39. The first-order valence-corrected chi connectivity index (χ1v) is 7.19. The Labute approximate surface area is 135 Å². The van der Waals surface area contributed by atoms with E-state index in [1.54, 1.807) is 7.11 Å². The summed E-state index contributed by atoms with van der Waals surface area (Å²) in [5, 5.41) is 6.60. The molecule has 2 N–H and O–H groups in total. The first kappa shape index (κ1) is 19.0. The van der Waals surface area contributed by atoms with Gasteiger partial charge in [-0.1, -0.05) is 26.2 Å². The summed E-state index contributed by atoms with van der Waals surface area (Å²) < 4.78 is 5.00. The molecule has 1 saturated carbocycles. The summed E-state index contributed by atoms with van der Waals surface area (Å²) in [5.74, 6) is 2.71. The van der Waals surface area contributed by atoms with Crippen LogP contribution in [0.1, 0.15) is 39.0 Å². The Bertz CT molecular complexity index is 249. The number of hydrogen-bond acceptors (Lipinski definition) is 2. The molecular weight excluding hydrogens is 353 g/mol. The summed E-state index contributed by atoms with van der Waals surface area (Å²) in [6, 6.07) is 0. The lowest BCUT2D eigenvalue weighted by Gasteiger charge is -2.26. The van der Waals surface area contributed by atoms with Crippen molar-refractivity contribution < 1.29 is 4.74 Å². The molecule has 4 nitrogen and oxygen atoms in total. The summed E-state index contributed by atoms with van der Waals surface area (Å²) >= 11 is 0. The highest BCUT2D eigenvalue weighted by Gasteiger charge is 2.18. The van der Waals surface area contributed by atoms with E-state index in [-0.39, 0.29) is 24.0 Å². The highest BCUT2D eigenvalue weighted by atomic mass is 127. The van der Waals surface area contributed by atoms with Crippen LogP contribution in [0, 0.1) is 11.8 Å². The molecule has 0 aliphatic heterocycles. The van der Waals surface area contributed by atoms with Crippen molar-refractivity contribution in [3.05, 3.63) is 0 Å². The molecule has 1 fully saturated rings. The summed E-state index contributed by atoms with van der Waals surface area (Å²) in [6.07, 6.45) is 6.89. The molecule has 0 aromatic carbocycles. The largest absolute Gasteiger partial charge is 0.383 e. The van der Waals surface area contributed by atoms with Crippen LogP contribution in [0.3, 0.4) is 0 Å². The van der Waals surface area contributed by atoms with Crippen molar-refractivity contribution in [2.24, 2.45) is 16.8 Å². The Balaban J connectivity index is 0.00000324. The Morgan fingerprint density at radius 2 is 2.00 bits per heavy atom. The predicted molar refractivity (Wildman–Crippen MR) is 92.4 cm³/mol. The fourth-order valence-corrected chi connectivity index (χ4v) is 2.71. The zero-order valence-electron chi connectivity index (χ0n) is 12.6. The number of methoxy groups -OCH3 is 1. The molecule has 0 heterocycles. The Morgan fingerprint density at radius 3 is 2.63 bits per heavy atom. The molecule has 1 rings (SSSR count). The Morgan fingerprint density at radius 1 is 1.26 bits per heavy atom. The van der Waals surface area contributed by atoms with Crippen LogP contribution in [0.25, 0.3) is 0 Å². The van der Waals surface area contributed by atoms with Gasteiger partial charge in [-0.25, -0.2) is 0 Å². The Kier molecular flexibility index (Phi) is 11.7. The standard InChI is InChI=1S/C14H29N3O.HI/c1-12-5-4-6-13(11-12)7-8-16-14(15-2)17-9-10-18-3;/h12-13H,4-11H2,1-3H3,(H2,15,16,17);1H. The van der Waals surface area contributed by atoms with Crippen LogP contribution >= 0.6 is 24.0 Å². The van der Waals surface area contributed by atoms with Crippen molar-refractivity contribution in [2.45, 2.75) is 39.0 Å². The maximum atomic E-state index is 5.00. The van der Waals surface area contributed by atoms with Gasteiger partial charge in [-0.05, 0) is 24.7 Å². The van der Waals surface area contributed by atoms with Crippen LogP contribution in [-0.2, 0) is 4.74 Å². The minimum absolute atomic E-state index is 0. The molecule has 0 spiro atoms. The van der Waals surface area contributed by atoms with Gasteiger partial charge in [0, 0.05) is 27.2 Å². The van der Waals surface area contributed by atoms with Gasteiger partial charge in [-0.15, -0.1) is 24.0 Å². The van der Waals surface area contributed by atoms with Gasteiger partial charge >= 0.3 is 0 Å². The van der Waals surface area contributed by atoms with Crippen molar-refractivity contribution in [2.75, 3.05) is 33.9 Å². The van der Waals surface area contributed by atoms with Gasteiger partial charge in [0.25, 0.3) is 0 Å². The fraction of sp³-hybridized carbons (Fsp3) is 0.929. The van der Waals surface area contributed by atoms with Crippen LogP contribution in [0.5, 0.6) is 0 Å². The molecule has 0 saturated heterocycles. The molecule has 1 aliphatic rings. The quantitative estimate of drug-likeness (QED) is 0.321. The van der Waals surface area contributed by atoms with Gasteiger partial charge < -0.3 is 15.4 Å². The first-order chi connectivity index (χ1) is 8.76. The summed E-state index contributed by atoms with van der Waals surface area (Å²) in [7, 11) is 3.52. The van der Waals surface area contributed by atoms with Gasteiger partial charge in [0.1, 0.15) is 0 Å². The van der Waals surface area contributed by atoms with E-state index in [1.165, 1.54) is 32.1 Å². The lowest BCUT2D eigenvalue weighted by atomic mass is 9.81. The molecule has 19 heavy (non-hydrogen) atoms. The van der Waals surface area contributed by atoms with Gasteiger partial charge in [0.15, 0.2) is 5.96 Å². The van der Waals surface area contributed by atoms with Gasteiger partial charge in [-0.3, -0.25) is 4.99 Å². The summed E-state index contributed by atoms with van der Waals surface area (Å²) in [5.41, 5.74) is 0. The van der Waals surface area contributed by atoms with Crippen molar-refractivity contribution in [3.63, 3.8) is 0 Å². The average molecular weight is 383 g/mol. The third-order valence-electron chi connectivity index (χ3n) is 3.71. The molecule has 0 bridgehead atoms. The van der Waals surface area contributed by atoms with E-state index in [9.17, 15) is 0 Å². The van der Waals surface area contributed by atoms with E-state index in [0.29, 0.717) is 6.61 Å². The minimum Gasteiger partial charge on any atom is -0.383 e. The van der Waals surface area contributed by atoms with Gasteiger partial charge in [0.05, 0.1) is 6.61 Å². The minimum atomic E-state index is 0. The number of nitrogens with one attached hydrogen (secondary N) is 2. The third kappa shape index (κ3) is 8.68. The van der Waals surface area contributed by atoms with Gasteiger partial charge in [-0.2, -0.15) is 0 Å². The topological polar surface area (TPSA) is 45.7 Å². The van der Waals surface area contributed by atoms with Crippen LogP contribution < -0.4 is 10.6 Å². The second-order valence-corrected chi connectivity index (χ2v) is 5.35. The van der Waals surface area contributed by atoms with E-state index < -0.39 is 0 Å². The number of ether oxygens (including phenoxy) is 1. The number of aliphatic imine (C=N–C) groups is 1. The van der Waals surface area contributed by atoms with E-state index in [1.807, 2.05) is 7.05 Å². The fourth-order valence-electron chi connectivity index (χ4n) is 2.71. The molecule has 0 aromatic heterocycles. The van der Waals surface area contributed by atoms with Gasteiger partial charge in [0.2, 0.25) is 0 Å². The monoisotopic (exact) mass is 383 g/mol. The van der Waals surface area contributed by atoms with E-state index in [4.69, 9.17) is 4.74 Å². The predicted octanol–water partition coefficient (Wildman–Crippen LogP) is 2.63. The first-order valence-electron chi connectivity index (χ1n) is 7.19. The number of rotatable bonds is 6. The smallest absolute Gasteiger partial charge is 0.191 e. The van der Waals surface area contributed by atoms with Crippen molar-refractivity contribution >= 4 is 29.9 Å². The molecule has 0 radical (unpaired) electrons. The average Bonchev–Trinajstić information content (AvgIpc) is 2.37. The van der Waals surface area contributed by atoms with Crippen molar-refractivity contribution in [3.8, 4) is 0 Å². The highest BCUT2D eigenvalue weighted by molar-refractivity contribution is 14.0. The summed E-state index contributed by atoms with van der Waals surface area (Å²) in [4.78, 5) is 4.20. The van der Waals surface area contributed by atoms with Crippen LogP contribution in [-0.4, -0.2) is 39.8 Å². The number of nitrogens with zero attached hydrogens (tertiary/aromatic N) is 1. The molecular formula is C14H30IN3O. The number of halogens is 1. The van der Waals surface area contributed by atoms with Crippen LogP contribution in [0.15, 0.2) is 4.99 Å². The maximum Gasteiger partial charge on any atom is 0.191 e. The van der Waals surface area contributed by atoms with E-state index in [2.05, 4.69) is 22.5 Å². The summed E-state index contributed by atoms with van der Waals surface area (Å²) in [6.45, 7) is 4.91. The molecule has 1 aliphatic carbocycles. The Hall–Kier alpha value is -0.0400. The highest BCUT2D eigenvalue weighted by Crippen LogP contribution is 2.30.